The molecule has 3 aromatic carbocycles. The second-order valence-electron chi connectivity index (χ2n) is 8.97. The van der Waals surface area contributed by atoms with E-state index in [-0.39, 0.29) is 11.5 Å². The summed E-state index contributed by atoms with van der Waals surface area (Å²) in [5, 5.41) is 21.6. The molecule has 2 N–H and O–H groups in total. The molecular weight excluding hydrogens is 432 g/mol. The summed E-state index contributed by atoms with van der Waals surface area (Å²) in [5.74, 6) is 0.703. The highest BCUT2D eigenvalue weighted by molar-refractivity contribution is 7.11. The zero-order valence-corrected chi connectivity index (χ0v) is 19.3. The van der Waals surface area contributed by atoms with Gasteiger partial charge >= 0.3 is 0 Å². The van der Waals surface area contributed by atoms with Gasteiger partial charge in [-0.3, -0.25) is 0 Å². The summed E-state index contributed by atoms with van der Waals surface area (Å²) in [6, 6.07) is 20.0. The lowest BCUT2D eigenvalue weighted by molar-refractivity contribution is 0.311. The number of nitrogens with zero attached hydrogens (tertiary/aromatic N) is 2. The maximum absolute atomic E-state index is 10.4. The summed E-state index contributed by atoms with van der Waals surface area (Å²) in [5.41, 5.74) is 4.78. The van der Waals surface area contributed by atoms with Gasteiger partial charge in [0.25, 0.3) is 0 Å². The van der Waals surface area contributed by atoms with E-state index < -0.39 is 5.41 Å². The molecule has 2 aliphatic rings. The number of hydrogen-bond acceptors (Lipinski definition) is 6. The van der Waals surface area contributed by atoms with Crippen LogP contribution in [0.3, 0.4) is 0 Å². The summed E-state index contributed by atoms with van der Waals surface area (Å²) in [6.07, 6.45) is 1.99. The van der Waals surface area contributed by atoms with Gasteiger partial charge in [0.05, 0.1) is 17.0 Å². The molecule has 3 heterocycles. The minimum Gasteiger partial charge on any atom is -0.504 e. The molecule has 0 unspecified atom stereocenters. The molecule has 166 valence electrons. The van der Waals surface area contributed by atoms with Crippen molar-refractivity contribution in [2.45, 2.75) is 31.7 Å². The largest absolute Gasteiger partial charge is 0.504 e. The fourth-order valence-electron chi connectivity index (χ4n) is 5.12. The lowest BCUT2D eigenvalue weighted by atomic mass is 9.67. The number of aromatic hydroxyl groups is 2. The molecule has 0 saturated carbocycles. The van der Waals surface area contributed by atoms with Crippen LogP contribution in [-0.2, 0) is 12.0 Å². The molecule has 33 heavy (non-hydrogen) atoms. The molecule has 0 bridgehead atoms. The molecule has 6 heteroatoms. The Kier molecular flexibility index (Phi) is 4.42. The monoisotopic (exact) mass is 456 g/mol. The van der Waals surface area contributed by atoms with E-state index in [1.165, 1.54) is 10.9 Å². The van der Waals surface area contributed by atoms with E-state index in [0.29, 0.717) is 18.3 Å². The first-order valence-corrected chi connectivity index (χ1v) is 11.9. The second kappa shape index (κ2) is 7.25. The number of phenols is 2. The average Bonchev–Trinajstić information content (AvgIpc) is 3.43. The molecule has 1 spiro atoms. The zero-order chi connectivity index (χ0) is 22.7. The first kappa shape index (κ1) is 20.1. The van der Waals surface area contributed by atoms with E-state index in [1.807, 2.05) is 6.20 Å². The first-order chi connectivity index (χ1) is 16.0. The van der Waals surface area contributed by atoms with Gasteiger partial charge in [0.15, 0.2) is 11.5 Å². The number of aromatic nitrogens is 1. The highest BCUT2D eigenvalue weighted by Crippen LogP contribution is 2.58. The summed E-state index contributed by atoms with van der Waals surface area (Å²) in [7, 11) is 0. The third kappa shape index (κ3) is 2.87. The van der Waals surface area contributed by atoms with Gasteiger partial charge in [-0.2, -0.15) is 0 Å². The van der Waals surface area contributed by atoms with E-state index in [1.54, 1.807) is 17.4 Å². The summed E-state index contributed by atoms with van der Waals surface area (Å²) < 4.78 is 6.13. The zero-order valence-electron chi connectivity index (χ0n) is 18.4. The number of rotatable bonds is 3. The highest BCUT2D eigenvalue weighted by atomic mass is 32.1. The molecule has 0 saturated heterocycles. The number of phenolic OH excluding ortho intramolecular Hbond substituents is 2. The molecule has 0 radical (unpaired) electrons. The molecule has 5 nitrogen and oxygen atoms in total. The van der Waals surface area contributed by atoms with Crippen LogP contribution in [0.15, 0.2) is 66.9 Å². The van der Waals surface area contributed by atoms with Crippen molar-refractivity contribution in [2.75, 3.05) is 11.5 Å². The van der Waals surface area contributed by atoms with Gasteiger partial charge in [0.2, 0.25) is 0 Å². The van der Waals surface area contributed by atoms with Crippen LogP contribution < -0.4 is 9.64 Å². The van der Waals surface area contributed by atoms with Crippen LogP contribution in [-0.4, -0.2) is 21.8 Å². The third-order valence-electron chi connectivity index (χ3n) is 6.67. The van der Waals surface area contributed by atoms with Gasteiger partial charge in [-0.15, -0.1) is 11.3 Å². The van der Waals surface area contributed by atoms with Gasteiger partial charge in [-0.25, -0.2) is 4.98 Å². The Balaban J connectivity index is 1.56. The van der Waals surface area contributed by atoms with Gasteiger partial charge in [-0.05, 0) is 29.3 Å². The first-order valence-electron chi connectivity index (χ1n) is 11.1. The number of anilines is 2. The molecule has 2 aliphatic heterocycles. The minimum absolute atomic E-state index is 0.137. The number of fused-ring (bicyclic) bond motifs is 6. The molecule has 4 aromatic rings. The maximum Gasteiger partial charge on any atom is 0.161 e. The Bertz CT molecular complexity index is 1330. The van der Waals surface area contributed by atoms with Crippen LogP contribution in [0.1, 0.15) is 46.3 Å². The highest BCUT2D eigenvalue weighted by Gasteiger charge is 2.50. The van der Waals surface area contributed by atoms with Crippen LogP contribution >= 0.6 is 11.3 Å². The van der Waals surface area contributed by atoms with Gasteiger partial charge in [-0.1, -0.05) is 50.2 Å². The number of ether oxygens (including phenoxy) is 1. The van der Waals surface area contributed by atoms with Gasteiger partial charge in [0, 0.05) is 40.0 Å². The van der Waals surface area contributed by atoms with E-state index in [9.17, 15) is 10.2 Å². The quantitative estimate of drug-likeness (QED) is 0.367. The van der Waals surface area contributed by atoms with Crippen molar-refractivity contribution in [3.05, 3.63) is 93.4 Å². The second-order valence-corrected chi connectivity index (χ2v) is 10.1. The Hall–Kier alpha value is -3.51. The minimum atomic E-state index is -0.568. The van der Waals surface area contributed by atoms with E-state index >= 15 is 0 Å². The predicted octanol–water partition coefficient (Wildman–Crippen LogP) is 6.06. The average molecular weight is 457 g/mol. The van der Waals surface area contributed by atoms with Crippen LogP contribution in [0.5, 0.6) is 17.2 Å². The summed E-state index contributed by atoms with van der Waals surface area (Å²) >= 11 is 1.76. The lowest BCUT2D eigenvalue weighted by Gasteiger charge is -2.43. The molecule has 0 amide bonds. The molecule has 1 aromatic heterocycles. The lowest BCUT2D eigenvalue weighted by Crippen LogP contribution is -2.39. The molecule has 0 atom stereocenters. The van der Waals surface area contributed by atoms with Crippen LogP contribution in [0.2, 0.25) is 0 Å². The molecule has 6 rings (SSSR count). The van der Waals surface area contributed by atoms with Crippen molar-refractivity contribution in [1.29, 1.82) is 0 Å². The van der Waals surface area contributed by atoms with Gasteiger partial charge in [0.1, 0.15) is 12.4 Å². The number of para-hydroxylation sites is 2. The SMILES string of the molecule is CC(C)c1ncc(CN2c3ccccc3C3(COc4cc(O)c(O)cc43)c3ccccc32)s1. The van der Waals surface area contributed by atoms with Crippen molar-refractivity contribution >= 4 is 22.7 Å². The van der Waals surface area contributed by atoms with Crippen LogP contribution in [0, 0.1) is 0 Å². The summed E-state index contributed by atoms with van der Waals surface area (Å²) in [6.45, 7) is 5.47. The van der Waals surface area contributed by atoms with Crippen molar-refractivity contribution in [3.63, 3.8) is 0 Å². The van der Waals surface area contributed by atoms with Crippen molar-refractivity contribution < 1.29 is 14.9 Å². The van der Waals surface area contributed by atoms with E-state index in [0.717, 1.165) is 39.6 Å². The number of thiazole rings is 1. The normalized spacial score (nSPS) is 15.3. The van der Waals surface area contributed by atoms with E-state index in [2.05, 4.69) is 72.3 Å². The smallest absolute Gasteiger partial charge is 0.161 e. The van der Waals surface area contributed by atoms with Crippen LogP contribution in [0.4, 0.5) is 11.4 Å². The topological polar surface area (TPSA) is 65.8 Å². The van der Waals surface area contributed by atoms with Crippen molar-refractivity contribution in [2.24, 2.45) is 0 Å². The fourth-order valence-corrected chi connectivity index (χ4v) is 6.03. The maximum atomic E-state index is 10.4. The predicted molar refractivity (Wildman–Crippen MR) is 130 cm³/mol. The third-order valence-corrected chi connectivity index (χ3v) is 7.95. The Morgan fingerprint density at radius 2 is 1.61 bits per heavy atom. The number of benzene rings is 3. The van der Waals surface area contributed by atoms with Crippen LogP contribution in [0.25, 0.3) is 0 Å². The molecule has 0 aliphatic carbocycles. The van der Waals surface area contributed by atoms with Gasteiger partial charge < -0.3 is 19.8 Å². The Morgan fingerprint density at radius 1 is 0.970 bits per heavy atom. The fraction of sp³-hybridized carbons (Fsp3) is 0.222. The Morgan fingerprint density at radius 3 is 2.24 bits per heavy atom. The standard InChI is InChI=1S/C27H24N2O3S/c1-16(2)26-28-13-17(33-26)14-29-21-9-5-3-7-18(21)27(19-8-4-6-10-22(19)29)15-32-25-12-24(31)23(30)11-20(25)27/h3-13,16,30-31H,14-15H2,1-2H3. The Labute approximate surface area is 196 Å². The number of hydrogen-bond donors (Lipinski definition) is 2. The van der Waals surface area contributed by atoms with Crippen molar-refractivity contribution in [1.82, 2.24) is 4.98 Å². The van der Waals surface area contributed by atoms with Crippen molar-refractivity contribution in [3.8, 4) is 17.2 Å². The molecular formula is C27H24N2O3S. The summed E-state index contributed by atoms with van der Waals surface area (Å²) in [4.78, 5) is 8.20. The van der Waals surface area contributed by atoms with E-state index in [4.69, 9.17) is 4.74 Å². The molecule has 0 fully saturated rings.